The lowest BCUT2D eigenvalue weighted by Crippen LogP contribution is -2.46. The van der Waals surface area contributed by atoms with E-state index in [0.717, 1.165) is 12.8 Å². The molecule has 1 atom stereocenters. The summed E-state index contributed by atoms with van der Waals surface area (Å²) < 4.78 is 5.29. The Morgan fingerprint density at radius 2 is 1.75 bits per heavy atom. The fraction of sp³-hybridized carbons (Fsp3) is 0.923. The highest BCUT2D eigenvalue weighted by molar-refractivity contribution is 5.75. The summed E-state index contributed by atoms with van der Waals surface area (Å²) in [5.41, 5.74) is -0.0622. The number of carbonyl (C=O) groups excluding carboxylic acids is 1. The minimum atomic E-state index is -0.241. The van der Waals surface area contributed by atoms with Gasteiger partial charge in [-0.05, 0) is 33.6 Å². The Morgan fingerprint density at radius 1 is 1.25 bits per heavy atom. The minimum Gasteiger partial charge on any atom is -0.464 e. The molecule has 3 heteroatoms. The molecule has 0 aliphatic rings. The molecule has 1 unspecified atom stereocenters. The largest absolute Gasteiger partial charge is 0.464 e. The fourth-order valence-electron chi connectivity index (χ4n) is 1.56. The molecule has 0 saturated carbocycles. The summed E-state index contributed by atoms with van der Waals surface area (Å²) in [6.45, 7) is 12.8. The molecule has 0 radical (unpaired) electrons. The number of hydrogen-bond acceptors (Lipinski definition) is 3. The second-order valence-corrected chi connectivity index (χ2v) is 5.43. The van der Waals surface area contributed by atoms with Crippen molar-refractivity contribution in [3.63, 3.8) is 0 Å². The van der Waals surface area contributed by atoms with Gasteiger partial charge in [-0.25, -0.2) is 0 Å². The lowest BCUT2D eigenvalue weighted by molar-refractivity contribution is -0.147. The molecule has 96 valence electrons. The van der Waals surface area contributed by atoms with Crippen molar-refractivity contribution in [1.29, 1.82) is 0 Å². The fourth-order valence-corrected chi connectivity index (χ4v) is 1.56. The third-order valence-electron chi connectivity index (χ3n) is 2.62. The standard InChI is InChI=1S/C13H27NO2/c1-7-11(8-2)9-16-12(15)10(3)14-13(4,5)6/h10-11,14H,7-9H2,1-6H3. The van der Waals surface area contributed by atoms with Crippen LogP contribution in [-0.4, -0.2) is 24.2 Å². The van der Waals surface area contributed by atoms with Gasteiger partial charge >= 0.3 is 5.97 Å². The van der Waals surface area contributed by atoms with E-state index in [9.17, 15) is 4.79 Å². The number of carbonyl (C=O) groups is 1. The Labute approximate surface area is 99.9 Å². The molecule has 0 fully saturated rings. The van der Waals surface area contributed by atoms with Crippen molar-refractivity contribution in [3.8, 4) is 0 Å². The molecule has 3 nitrogen and oxygen atoms in total. The van der Waals surface area contributed by atoms with E-state index in [1.165, 1.54) is 0 Å². The van der Waals surface area contributed by atoms with E-state index in [0.29, 0.717) is 12.5 Å². The van der Waals surface area contributed by atoms with Crippen LogP contribution in [0.5, 0.6) is 0 Å². The third kappa shape index (κ3) is 6.83. The summed E-state index contributed by atoms with van der Waals surface area (Å²) in [6.07, 6.45) is 2.12. The van der Waals surface area contributed by atoms with Gasteiger partial charge in [0.05, 0.1) is 6.61 Å². The summed E-state index contributed by atoms with van der Waals surface area (Å²) in [7, 11) is 0. The van der Waals surface area contributed by atoms with E-state index in [1.807, 2.05) is 27.7 Å². The lowest BCUT2D eigenvalue weighted by Gasteiger charge is -2.25. The molecule has 0 bridgehead atoms. The van der Waals surface area contributed by atoms with Gasteiger partial charge in [0, 0.05) is 5.54 Å². The van der Waals surface area contributed by atoms with Gasteiger partial charge in [0.1, 0.15) is 6.04 Å². The molecule has 0 aliphatic carbocycles. The maximum atomic E-state index is 11.7. The van der Waals surface area contributed by atoms with E-state index in [1.54, 1.807) is 0 Å². The summed E-state index contributed by atoms with van der Waals surface area (Å²) in [5.74, 6) is 0.340. The normalized spacial score (nSPS) is 13.9. The van der Waals surface area contributed by atoms with E-state index < -0.39 is 0 Å². The molecule has 0 heterocycles. The van der Waals surface area contributed by atoms with E-state index in [2.05, 4.69) is 19.2 Å². The maximum Gasteiger partial charge on any atom is 0.322 e. The number of ether oxygens (including phenoxy) is 1. The molecule has 1 N–H and O–H groups in total. The SMILES string of the molecule is CCC(CC)COC(=O)C(C)NC(C)(C)C. The molecule has 0 aromatic rings. The van der Waals surface area contributed by atoms with Gasteiger partial charge in [0.15, 0.2) is 0 Å². The number of esters is 1. The van der Waals surface area contributed by atoms with Crippen LogP contribution < -0.4 is 5.32 Å². The summed E-state index contributed by atoms with van der Waals surface area (Å²) in [5, 5.41) is 3.20. The Balaban J connectivity index is 3.97. The molecule has 16 heavy (non-hydrogen) atoms. The monoisotopic (exact) mass is 229 g/mol. The van der Waals surface area contributed by atoms with Crippen molar-refractivity contribution in [2.45, 2.75) is 66.0 Å². The minimum absolute atomic E-state index is 0.0622. The van der Waals surface area contributed by atoms with Gasteiger partial charge in [-0.2, -0.15) is 0 Å². The van der Waals surface area contributed by atoms with Crippen LogP contribution in [0, 0.1) is 5.92 Å². The van der Waals surface area contributed by atoms with Crippen molar-refractivity contribution in [2.75, 3.05) is 6.61 Å². The topological polar surface area (TPSA) is 38.3 Å². The zero-order valence-electron chi connectivity index (χ0n) is 11.6. The number of hydrogen-bond donors (Lipinski definition) is 1. The molecule has 0 spiro atoms. The molecule has 0 aliphatic heterocycles. The Morgan fingerprint density at radius 3 is 2.12 bits per heavy atom. The van der Waals surface area contributed by atoms with Crippen LogP contribution in [0.3, 0.4) is 0 Å². The van der Waals surface area contributed by atoms with Crippen LogP contribution >= 0.6 is 0 Å². The van der Waals surface area contributed by atoms with Gasteiger partial charge in [0.2, 0.25) is 0 Å². The third-order valence-corrected chi connectivity index (χ3v) is 2.62. The van der Waals surface area contributed by atoms with E-state index in [4.69, 9.17) is 4.74 Å². The highest BCUT2D eigenvalue weighted by Crippen LogP contribution is 2.09. The summed E-state index contributed by atoms with van der Waals surface area (Å²) in [4.78, 5) is 11.7. The van der Waals surface area contributed by atoms with Crippen LogP contribution in [0.1, 0.15) is 54.4 Å². The van der Waals surface area contributed by atoms with Gasteiger partial charge in [-0.1, -0.05) is 26.7 Å². The highest BCUT2D eigenvalue weighted by Gasteiger charge is 2.21. The van der Waals surface area contributed by atoms with Crippen molar-refractivity contribution in [2.24, 2.45) is 5.92 Å². The zero-order chi connectivity index (χ0) is 12.8. The molecule has 0 rings (SSSR count). The van der Waals surface area contributed by atoms with Gasteiger partial charge < -0.3 is 4.74 Å². The van der Waals surface area contributed by atoms with Gasteiger partial charge in [-0.3, -0.25) is 10.1 Å². The molecule has 0 aromatic carbocycles. The molecule has 0 saturated heterocycles. The smallest absolute Gasteiger partial charge is 0.322 e. The van der Waals surface area contributed by atoms with Crippen LogP contribution in [0.4, 0.5) is 0 Å². The molecular formula is C13H27NO2. The van der Waals surface area contributed by atoms with Crippen molar-refractivity contribution < 1.29 is 9.53 Å². The Bertz CT molecular complexity index is 204. The van der Waals surface area contributed by atoms with E-state index in [-0.39, 0.29) is 17.6 Å². The lowest BCUT2D eigenvalue weighted by atomic mass is 10.1. The highest BCUT2D eigenvalue weighted by atomic mass is 16.5. The first-order valence-electron chi connectivity index (χ1n) is 6.24. The van der Waals surface area contributed by atoms with Crippen molar-refractivity contribution in [3.05, 3.63) is 0 Å². The van der Waals surface area contributed by atoms with Gasteiger partial charge in [-0.15, -0.1) is 0 Å². The summed E-state index contributed by atoms with van der Waals surface area (Å²) in [6, 6.07) is -0.241. The number of nitrogens with one attached hydrogen (secondary N) is 1. The van der Waals surface area contributed by atoms with E-state index >= 15 is 0 Å². The molecular weight excluding hydrogens is 202 g/mol. The van der Waals surface area contributed by atoms with Gasteiger partial charge in [0.25, 0.3) is 0 Å². The quantitative estimate of drug-likeness (QED) is 0.712. The zero-order valence-corrected chi connectivity index (χ0v) is 11.6. The first kappa shape index (κ1) is 15.4. The summed E-state index contributed by atoms with van der Waals surface area (Å²) >= 11 is 0. The second-order valence-electron chi connectivity index (χ2n) is 5.43. The van der Waals surface area contributed by atoms with Crippen molar-refractivity contribution >= 4 is 5.97 Å². The van der Waals surface area contributed by atoms with Crippen LogP contribution in [0.25, 0.3) is 0 Å². The number of rotatable bonds is 6. The Hall–Kier alpha value is -0.570. The predicted molar refractivity (Wildman–Crippen MR) is 67.4 cm³/mol. The van der Waals surface area contributed by atoms with Crippen LogP contribution in [0.15, 0.2) is 0 Å². The molecule has 0 aromatic heterocycles. The maximum absolute atomic E-state index is 11.7. The second kappa shape index (κ2) is 6.89. The first-order valence-corrected chi connectivity index (χ1v) is 6.24. The molecule has 0 amide bonds. The van der Waals surface area contributed by atoms with Crippen molar-refractivity contribution in [1.82, 2.24) is 5.32 Å². The average molecular weight is 229 g/mol. The first-order chi connectivity index (χ1) is 7.30. The average Bonchev–Trinajstić information content (AvgIpc) is 2.16. The predicted octanol–water partition coefficient (Wildman–Crippen LogP) is 2.74. The Kier molecular flexibility index (Phi) is 6.65. The van der Waals surface area contributed by atoms with Crippen LogP contribution in [0.2, 0.25) is 0 Å². The van der Waals surface area contributed by atoms with Crippen LogP contribution in [-0.2, 0) is 9.53 Å².